The number of fused-ring (bicyclic) bond motifs is 1. The van der Waals surface area contributed by atoms with Crippen molar-refractivity contribution < 1.29 is 10.0 Å². The van der Waals surface area contributed by atoms with Crippen LogP contribution in [0.3, 0.4) is 0 Å². The fourth-order valence-corrected chi connectivity index (χ4v) is 2.31. The zero-order chi connectivity index (χ0) is 15.4. The molecule has 1 atom stereocenters. The standard InChI is InChI=1S/C15H19N3O3/c1-10(4-3-7-19)16-15-8-11(2)17-14-6-5-12(18(20)21)9-13(14)15/h5-6,8-10,19H,3-4,7H2,1-2H3,(H,16,17)/t10-/m0/s1. The van der Waals surface area contributed by atoms with Crippen LogP contribution in [0.15, 0.2) is 24.3 Å². The summed E-state index contributed by atoms with van der Waals surface area (Å²) >= 11 is 0. The molecule has 0 radical (unpaired) electrons. The number of anilines is 1. The number of aliphatic hydroxyl groups is 1. The van der Waals surface area contributed by atoms with E-state index in [0.717, 1.165) is 35.1 Å². The maximum absolute atomic E-state index is 10.9. The molecule has 0 aliphatic heterocycles. The Labute approximate surface area is 123 Å². The maximum Gasteiger partial charge on any atom is 0.270 e. The van der Waals surface area contributed by atoms with Crippen LogP contribution in [0.5, 0.6) is 0 Å². The Morgan fingerprint density at radius 3 is 2.86 bits per heavy atom. The highest BCUT2D eigenvalue weighted by atomic mass is 16.6. The molecule has 0 unspecified atom stereocenters. The largest absolute Gasteiger partial charge is 0.396 e. The molecule has 0 fully saturated rings. The topological polar surface area (TPSA) is 88.3 Å². The summed E-state index contributed by atoms with van der Waals surface area (Å²) < 4.78 is 0. The van der Waals surface area contributed by atoms with Crippen LogP contribution in [0, 0.1) is 17.0 Å². The van der Waals surface area contributed by atoms with Crippen LogP contribution in [0.25, 0.3) is 10.9 Å². The number of nitro groups is 1. The molecule has 6 nitrogen and oxygen atoms in total. The van der Waals surface area contributed by atoms with E-state index < -0.39 is 4.92 Å². The summed E-state index contributed by atoms with van der Waals surface area (Å²) in [5.41, 5.74) is 2.48. The van der Waals surface area contributed by atoms with Gasteiger partial charge in [-0.2, -0.15) is 0 Å². The SMILES string of the molecule is Cc1cc(N[C@@H](C)CCCO)c2cc([N+](=O)[O-])ccc2n1. The van der Waals surface area contributed by atoms with E-state index in [1.807, 2.05) is 19.9 Å². The van der Waals surface area contributed by atoms with E-state index in [0.29, 0.717) is 0 Å². The third-order valence-electron chi connectivity index (χ3n) is 3.33. The van der Waals surface area contributed by atoms with Gasteiger partial charge in [0.1, 0.15) is 0 Å². The number of aryl methyl sites for hydroxylation is 1. The molecular formula is C15H19N3O3. The summed E-state index contributed by atoms with van der Waals surface area (Å²) in [7, 11) is 0. The summed E-state index contributed by atoms with van der Waals surface area (Å²) in [5, 5.41) is 23.9. The second kappa shape index (κ2) is 6.49. The average Bonchev–Trinajstić information content (AvgIpc) is 2.44. The number of hydrogen-bond donors (Lipinski definition) is 2. The van der Waals surface area contributed by atoms with Gasteiger partial charge < -0.3 is 10.4 Å². The van der Waals surface area contributed by atoms with Gasteiger partial charge in [-0.1, -0.05) is 0 Å². The molecule has 6 heteroatoms. The molecule has 1 aromatic heterocycles. The lowest BCUT2D eigenvalue weighted by Gasteiger charge is -2.17. The minimum Gasteiger partial charge on any atom is -0.396 e. The molecule has 0 aliphatic rings. The van der Waals surface area contributed by atoms with Gasteiger partial charge >= 0.3 is 0 Å². The van der Waals surface area contributed by atoms with Crippen molar-refractivity contribution in [3.8, 4) is 0 Å². The second-order valence-electron chi connectivity index (χ2n) is 5.18. The Hall–Kier alpha value is -2.21. The van der Waals surface area contributed by atoms with Crippen molar-refractivity contribution in [2.45, 2.75) is 32.7 Å². The first-order valence-electron chi connectivity index (χ1n) is 6.94. The Bertz CT molecular complexity index is 658. The van der Waals surface area contributed by atoms with E-state index in [9.17, 15) is 10.1 Å². The first kappa shape index (κ1) is 15.2. The van der Waals surface area contributed by atoms with E-state index in [1.165, 1.54) is 6.07 Å². The van der Waals surface area contributed by atoms with Crippen LogP contribution in [-0.2, 0) is 0 Å². The average molecular weight is 289 g/mol. The van der Waals surface area contributed by atoms with Crippen molar-refractivity contribution in [1.29, 1.82) is 0 Å². The lowest BCUT2D eigenvalue weighted by Crippen LogP contribution is -2.16. The summed E-state index contributed by atoms with van der Waals surface area (Å²) in [4.78, 5) is 14.9. The van der Waals surface area contributed by atoms with E-state index >= 15 is 0 Å². The van der Waals surface area contributed by atoms with E-state index in [4.69, 9.17) is 5.11 Å². The highest BCUT2D eigenvalue weighted by Gasteiger charge is 2.12. The molecule has 0 spiro atoms. The van der Waals surface area contributed by atoms with Gasteiger partial charge in [-0.15, -0.1) is 0 Å². The number of aromatic nitrogens is 1. The molecule has 2 N–H and O–H groups in total. The zero-order valence-electron chi connectivity index (χ0n) is 12.2. The molecule has 0 saturated carbocycles. The molecular weight excluding hydrogens is 270 g/mol. The van der Waals surface area contributed by atoms with Crippen molar-refractivity contribution >= 4 is 22.3 Å². The van der Waals surface area contributed by atoms with Gasteiger partial charge in [0.2, 0.25) is 0 Å². The van der Waals surface area contributed by atoms with Gasteiger partial charge in [0, 0.05) is 41.5 Å². The Balaban J connectivity index is 2.40. The third-order valence-corrected chi connectivity index (χ3v) is 3.33. The van der Waals surface area contributed by atoms with Gasteiger partial charge in [-0.3, -0.25) is 15.1 Å². The molecule has 0 bridgehead atoms. The lowest BCUT2D eigenvalue weighted by atomic mass is 10.1. The number of nitrogens with one attached hydrogen (secondary N) is 1. The lowest BCUT2D eigenvalue weighted by molar-refractivity contribution is -0.384. The van der Waals surface area contributed by atoms with E-state index in [2.05, 4.69) is 10.3 Å². The number of nitro benzene ring substituents is 1. The molecule has 0 saturated heterocycles. The smallest absolute Gasteiger partial charge is 0.270 e. The predicted molar refractivity (Wildman–Crippen MR) is 82.5 cm³/mol. The fourth-order valence-electron chi connectivity index (χ4n) is 2.31. The molecule has 21 heavy (non-hydrogen) atoms. The van der Waals surface area contributed by atoms with E-state index in [-0.39, 0.29) is 18.3 Å². The molecule has 0 aliphatic carbocycles. The Morgan fingerprint density at radius 2 is 2.19 bits per heavy atom. The highest BCUT2D eigenvalue weighted by molar-refractivity contribution is 5.93. The van der Waals surface area contributed by atoms with Gasteiger partial charge in [-0.25, -0.2) is 0 Å². The van der Waals surface area contributed by atoms with Gasteiger partial charge in [0.05, 0.1) is 10.4 Å². The minimum atomic E-state index is -0.404. The summed E-state index contributed by atoms with van der Waals surface area (Å²) in [5.74, 6) is 0. The second-order valence-corrected chi connectivity index (χ2v) is 5.18. The van der Waals surface area contributed by atoms with Crippen LogP contribution in [-0.4, -0.2) is 27.7 Å². The number of nitrogens with zero attached hydrogens (tertiary/aromatic N) is 2. The normalized spacial score (nSPS) is 12.3. The number of non-ortho nitro benzene ring substituents is 1. The van der Waals surface area contributed by atoms with Gasteiger partial charge in [0.15, 0.2) is 0 Å². The Morgan fingerprint density at radius 1 is 1.43 bits per heavy atom. The predicted octanol–water partition coefficient (Wildman–Crippen LogP) is 3.02. The minimum absolute atomic E-state index is 0.0548. The van der Waals surface area contributed by atoms with Crippen molar-refractivity contribution in [3.05, 3.63) is 40.1 Å². The molecule has 2 rings (SSSR count). The fraction of sp³-hybridized carbons (Fsp3) is 0.400. The van der Waals surface area contributed by atoms with Crippen LogP contribution in [0.4, 0.5) is 11.4 Å². The third kappa shape index (κ3) is 3.66. The first-order valence-corrected chi connectivity index (χ1v) is 6.94. The van der Waals surface area contributed by atoms with Crippen LogP contribution >= 0.6 is 0 Å². The van der Waals surface area contributed by atoms with Crippen LogP contribution in [0.2, 0.25) is 0 Å². The number of benzene rings is 1. The number of pyridine rings is 1. The number of hydrogen-bond acceptors (Lipinski definition) is 5. The van der Waals surface area contributed by atoms with Crippen LogP contribution < -0.4 is 5.32 Å². The zero-order valence-corrected chi connectivity index (χ0v) is 12.2. The molecule has 1 aromatic carbocycles. The molecule has 2 aromatic rings. The Kier molecular flexibility index (Phi) is 4.70. The van der Waals surface area contributed by atoms with Crippen molar-refractivity contribution in [1.82, 2.24) is 4.98 Å². The molecule has 1 heterocycles. The van der Waals surface area contributed by atoms with Gasteiger partial charge in [0.25, 0.3) is 5.69 Å². The monoisotopic (exact) mass is 289 g/mol. The van der Waals surface area contributed by atoms with Crippen molar-refractivity contribution in [3.63, 3.8) is 0 Å². The van der Waals surface area contributed by atoms with Crippen molar-refractivity contribution in [2.24, 2.45) is 0 Å². The van der Waals surface area contributed by atoms with Crippen molar-refractivity contribution in [2.75, 3.05) is 11.9 Å². The molecule has 112 valence electrons. The number of rotatable bonds is 6. The maximum atomic E-state index is 10.9. The highest BCUT2D eigenvalue weighted by Crippen LogP contribution is 2.28. The first-order chi connectivity index (χ1) is 10.0. The van der Waals surface area contributed by atoms with E-state index in [1.54, 1.807) is 12.1 Å². The molecule has 0 amide bonds. The van der Waals surface area contributed by atoms with Crippen LogP contribution in [0.1, 0.15) is 25.5 Å². The quantitative estimate of drug-likeness (QED) is 0.630. The summed E-state index contributed by atoms with van der Waals surface area (Å²) in [6.45, 7) is 4.08. The summed E-state index contributed by atoms with van der Waals surface area (Å²) in [6, 6.07) is 6.74. The number of aliphatic hydroxyl groups excluding tert-OH is 1. The van der Waals surface area contributed by atoms with Gasteiger partial charge in [-0.05, 0) is 38.8 Å². The summed E-state index contributed by atoms with van der Waals surface area (Å²) in [6.07, 6.45) is 1.55.